The van der Waals surface area contributed by atoms with Crippen LogP contribution < -0.4 is 10.1 Å². The number of aryl methyl sites for hydroxylation is 1. The zero-order valence-electron chi connectivity index (χ0n) is 19.4. The first kappa shape index (κ1) is 21.9. The Hall–Kier alpha value is -3.63. The monoisotopic (exact) mass is 475 g/mol. The number of anilines is 1. The molecule has 9 nitrogen and oxygen atoms in total. The Balaban J connectivity index is 1.29. The summed E-state index contributed by atoms with van der Waals surface area (Å²) in [7, 11) is 0. The highest BCUT2D eigenvalue weighted by molar-refractivity contribution is 5.79. The van der Waals surface area contributed by atoms with Crippen LogP contribution in [-0.2, 0) is 13.0 Å². The third-order valence-electron chi connectivity index (χ3n) is 6.87. The smallest absolute Gasteiger partial charge is 0.210 e. The summed E-state index contributed by atoms with van der Waals surface area (Å²) in [5.74, 6) is 0.981. The Morgan fingerprint density at radius 2 is 2.00 bits per heavy atom. The summed E-state index contributed by atoms with van der Waals surface area (Å²) in [6.07, 6.45) is 7.24. The van der Waals surface area contributed by atoms with Crippen molar-refractivity contribution in [3.63, 3.8) is 0 Å². The lowest BCUT2D eigenvalue weighted by Crippen LogP contribution is -2.26. The SMILES string of the molecule is Cc1cc(C(O)N2CCCC2)ncc1-c1cnc(NCc2c(F)ccc3c2CCO3)n2cnnc12. The number of fused-ring (bicyclic) bond motifs is 2. The van der Waals surface area contributed by atoms with Crippen molar-refractivity contribution >= 4 is 11.6 Å². The molecule has 2 aliphatic heterocycles. The molecule has 180 valence electrons. The topological polar surface area (TPSA) is 101 Å². The van der Waals surface area contributed by atoms with Gasteiger partial charge in [-0.25, -0.2) is 9.37 Å². The molecule has 0 bridgehead atoms. The first-order valence-electron chi connectivity index (χ1n) is 11.8. The summed E-state index contributed by atoms with van der Waals surface area (Å²) in [6, 6.07) is 5.03. The van der Waals surface area contributed by atoms with E-state index >= 15 is 0 Å². The van der Waals surface area contributed by atoms with Gasteiger partial charge in [0.25, 0.3) is 0 Å². The van der Waals surface area contributed by atoms with Crippen molar-refractivity contribution in [3.05, 3.63) is 65.1 Å². The summed E-state index contributed by atoms with van der Waals surface area (Å²) in [5.41, 5.74) is 5.33. The van der Waals surface area contributed by atoms with Crippen LogP contribution in [0, 0.1) is 12.7 Å². The first-order valence-corrected chi connectivity index (χ1v) is 11.8. The molecular weight excluding hydrogens is 449 g/mol. The largest absolute Gasteiger partial charge is 0.493 e. The van der Waals surface area contributed by atoms with E-state index < -0.39 is 6.23 Å². The van der Waals surface area contributed by atoms with Gasteiger partial charge in [0.1, 0.15) is 17.9 Å². The predicted molar refractivity (Wildman–Crippen MR) is 127 cm³/mol. The van der Waals surface area contributed by atoms with E-state index in [0.717, 1.165) is 53.9 Å². The molecule has 1 saturated heterocycles. The highest BCUT2D eigenvalue weighted by atomic mass is 19.1. The van der Waals surface area contributed by atoms with Gasteiger partial charge in [-0.05, 0) is 43.5 Å². The van der Waals surface area contributed by atoms with E-state index in [1.165, 1.54) is 6.07 Å². The fraction of sp³-hybridized carbons (Fsp3) is 0.360. The number of aromatic nitrogens is 5. The normalized spacial score (nSPS) is 16.4. The number of nitrogens with zero attached hydrogens (tertiary/aromatic N) is 6. The summed E-state index contributed by atoms with van der Waals surface area (Å²) < 4.78 is 21.9. The molecule has 6 rings (SSSR count). The molecule has 1 aromatic carbocycles. The molecule has 0 saturated carbocycles. The molecule has 0 aliphatic carbocycles. The summed E-state index contributed by atoms with van der Waals surface area (Å²) in [4.78, 5) is 11.2. The molecule has 2 aliphatic rings. The Morgan fingerprint density at radius 3 is 2.83 bits per heavy atom. The standard InChI is InChI=1S/C25H26FN7O2/c1-15-10-21(24(34)32-7-2-3-8-32)27-11-17(15)19-13-29-25(33-14-30-31-23(19)33)28-12-18-16-6-9-35-22(16)5-4-20(18)26/h4-5,10-11,13-14,24,34H,2-3,6-9,12H2,1H3,(H,28,29). The van der Waals surface area contributed by atoms with E-state index in [9.17, 15) is 9.50 Å². The van der Waals surface area contributed by atoms with E-state index in [2.05, 4.69) is 25.5 Å². The van der Waals surface area contributed by atoms with E-state index in [1.807, 2.05) is 17.9 Å². The van der Waals surface area contributed by atoms with Crippen molar-refractivity contribution in [1.29, 1.82) is 0 Å². The average Bonchev–Trinajstić information content (AvgIpc) is 3.65. The maximum absolute atomic E-state index is 14.5. The van der Waals surface area contributed by atoms with Crippen molar-refractivity contribution in [3.8, 4) is 16.9 Å². The van der Waals surface area contributed by atoms with Gasteiger partial charge in [0.05, 0.1) is 12.3 Å². The summed E-state index contributed by atoms with van der Waals surface area (Å²) in [6.45, 7) is 4.57. The second-order valence-corrected chi connectivity index (χ2v) is 9.02. The number of aliphatic hydroxyl groups excluding tert-OH is 1. The van der Waals surface area contributed by atoms with E-state index in [1.54, 1.807) is 29.2 Å². The number of pyridine rings is 1. The zero-order chi connectivity index (χ0) is 23.9. The molecule has 1 unspecified atom stereocenters. The quantitative estimate of drug-likeness (QED) is 0.438. The van der Waals surface area contributed by atoms with Crippen LogP contribution >= 0.6 is 0 Å². The fourth-order valence-electron chi connectivity index (χ4n) is 4.99. The number of hydrogen-bond donors (Lipinski definition) is 2. The van der Waals surface area contributed by atoms with Gasteiger partial charge in [-0.1, -0.05) is 0 Å². The van der Waals surface area contributed by atoms with Gasteiger partial charge >= 0.3 is 0 Å². The van der Waals surface area contributed by atoms with Gasteiger partial charge < -0.3 is 15.2 Å². The highest BCUT2D eigenvalue weighted by Crippen LogP contribution is 2.32. The number of hydrogen-bond acceptors (Lipinski definition) is 8. The molecule has 5 heterocycles. The predicted octanol–water partition coefficient (Wildman–Crippen LogP) is 3.27. The zero-order valence-corrected chi connectivity index (χ0v) is 19.4. The second-order valence-electron chi connectivity index (χ2n) is 9.02. The molecule has 2 N–H and O–H groups in total. The molecule has 0 radical (unpaired) electrons. The Kier molecular flexibility index (Phi) is 5.54. The maximum atomic E-state index is 14.5. The van der Waals surface area contributed by atoms with E-state index in [-0.39, 0.29) is 12.4 Å². The highest BCUT2D eigenvalue weighted by Gasteiger charge is 2.24. The van der Waals surface area contributed by atoms with Crippen molar-refractivity contribution in [2.45, 2.75) is 39.0 Å². The molecule has 0 amide bonds. The number of aliphatic hydroxyl groups is 1. The second kappa shape index (κ2) is 8.86. The summed E-state index contributed by atoms with van der Waals surface area (Å²) in [5, 5.41) is 22.3. The number of nitrogens with one attached hydrogen (secondary N) is 1. The lowest BCUT2D eigenvalue weighted by atomic mass is 10.0. The average molecular weight is 476 g/mol. The third-order valence-corrected chi connectivity index (χ3v) is 6.87. The minimum absolute atomic E-state index is 0.266. The first-order chi connectivity index (χ1) is 17.1. The molecule has 0 spiro atoms. The van der Waals surface area contributed by atoms with Gasteiger partial charge in [0.2, 0.25) is 5.95 Å². The minimum atomic E-state index is -0.701. The number of halogens is 1. The Bertz CT molecular complexity index is 1400. The summed E-state index contributed by atoms with van der Waals surface area (Å²) >= 11 is 0. The molecule has 3 aromatic heterocycles. The van der Waals surface area contributed by atoms with Crippen molar-refractivity contribution in [1.82, 2.24) is 29.5 Å². The Morgan fingerprint density at radius 1 is 1.17 bits per heavy atom. The van der Waals surface area contributed by atoms with Gasteiger partial charge in [-0.15, -0.1) is 10.2 Å². The lowest BCUT2D eigenvalue weighted by Gasteiger charge is -2.22. The van der Waals surface area contributed by atoms with Crippen LogP contribution in [0.25, 0.3) is 16.8 Å². The molecular formula is C25H26FN7O2. The van der Waals surface area contributed by atoms with Crippen LogP contribution in [0.4, 0.5) is 10.3 Å². The van der Waals surface area contributed by atoms with E-state index in [0.29, 0.717) is 35.9 Å². The van der Waals surface area contributed by atoms with Crippen LogP contribution in [0.3, 0.4) is 0 Å². The van der Waals surface area contributed by atoms with E-state index in [4.69, 9.17) is 4.74 Å². The Labute approximate surface area is 201 Å². The molecule has 10 heteroatoms. The minimum Gasteiger partial charge on any atom is -0.493 e. The van der Waals surface area contributed by atoms with Crippen LogP contribution in [0.5, 0.6) is 5.75 Å². The number of benzene rings is 1. The van der Waals surface area contributed by atoms with Gasteiger partial charge in [-0.2, -0.15) is 0 Å². The van der Waals surface area contributed by atoms with Crippen molar-refractivity contribution < 1.29 is 14.2 Å². The number of ether oxygens (including phenoxy) is 1. The van der Waals surface area contributed by atoms with Crippen molar-refractivity contribution in [2.75, 3.05) is 25.0 Å². The third kappa shape index (κ3) is 3.88. The fourth-order valence-corrected chi connectivity index (χ4v) is 4.99. The van der Waals surface area contributed by atoms with Gasteiger partial charge in [0, 0.05) is 60.7 Å². The maximum Gasteiger partial charge on any atom is 0.210 e. The molecule has 35 heavy (non-hydrogen) atoms. The molecule has 1 fully saturated rings. The molecule has 1 atom stereocenters. The molecule has 4 aromatic rings. The van der Waals surface area contributed by atoms with Crippen LogP contribution in [0.15, 0.2) is 36.9 Å². The van der Waals surface area contributed by atoms with Crippen molar-refractivity contribution in [2.24, 2.45) is 0 Å². The van der Waals surface area contributed by atoms with Crippen LogP contribution in [0.2, 0.25) is 0 Å². The van der Waals surface area contributed by atoms with Crippen LogP contribution in [0.1, 0.15) is 41.5 Å². The number of likely N-dealkylation sites (tertiary alicyclic amines) is 1. The van der Waals surface area contributed by atoms with Crippen LogP contribution in [-0.4, -0.2) is 54.3 Å². The van der Waals surface area contributed by atoms with Gasteiger partial charge in [-0.3, -0.25) is 14.3 Å². The van der Waals surface area contributed by atoms with Gasteiger partial charge in [0.15, 0.2) is 11.9 Å². The lowest BCUT2D eigenvalue weighted by molar-refractivity contribution is 0.0155. The number of rotatable bonds is 6.